The van der Waals surface area contributed by atoms with Crippen molar-refractivity contribution in [3.05, 3.63) is 71.9 Å². The van der Waals surface area contributed by atoms with Crippen molar-refractivity contribution in [1.29, 1.82) is 0 Å². The molecule has 0 spiro atoms. The molecule has 0 aliphatic heterocycles. The Bertz CT molecular complexity index is 950. The highest BCUT2D eigenvalue weighted by Crippen LogP contribution is 2.21. The summed E-state index contributed by atoms with van der Waals surface area (Å²) in [6, 6.07) is 17.1. The van der Waals surface area contributed by atoms with Crippen molar-refractivity contribution >= 4 is 22.8 Å². The molecule has 0 aliphatic rings. The molecule has 6 nitrogen and oxygen atoms in total. The molecule has 2 aromatic carbocycles. The number of fused-ring (bicyclic) bond motifs is 1. The molecule has 146 valence electrons. The minimum absolute atomic E-state index is 0.0701. The fourth-order valence-electron chi connectivity index (χ4n) is 3.26. The molecule has 0 radical (unpaired) electrons. The first-order valence-electron chi connectivity index (χ1n) is 9.22. The van der Waals surface area contributed by atoms with E-state index in [-0.39, 0.29) is 12.5 Å². The maximum atomic E-state index is 12.8. The second kappa shape index (κ2) is 9.19. The Morgan fingerprint density at radius 1 is 1.11 bits per heavy atom. The summed E-state index contributed by atoms with van der Waals surface area (Å²) in [4.78, 5) is 24.4. The first-order valence-corrected chi connectivity index (χ1v) is 9.22. The van der Waals surface area contributed by atoms with E-state index in [4.69, 9.17) is 4.74 Å². The Kier molecular flexibility index (Phi) is 6.45. The lowest BCUT2D eigenvalue weighted by Crippen LogP contribution is -2.34. The number of carboxylic acids is 1. The molecule has 0 saturated carbocycles. The van der Waals surface area contributed by atoms with Gasteiger partial charge < -0.3 is 19.7 Å². The smallest absolute Gasteiger partial charge is 0.308 e. The number of nitrogens with zero attached hydrogens (tertiary/aromatic N) is 1. The van der Waals surface area contributed by atoms with Crippen LogP contribution in [0.4, 0.5) is 0 Å². The third-order valence-corrected chi connectivity index (χ3v) is 4.75. The number of carboxylic acid groups (broad SMARTS) is 1. The van der Waals surface area contributed by atoms with Gasteiger partial charge in [-0.15, -0.1) is 0 Å². The van der Waals surface area contributed by atoms with Gasteiger partial charge in [0.25, 0.3) is 5.91 Å². The van der Waals surface area contributed by atoms with Crippen molar-refractivity contribution in [1.82, 2.24) is 9.88 Å². The quantitative estimate of drug-likeness (QED) is 0.598. The molecule has 2 N–H and O–H groups in total. The number of methoxy groups -OCH3 is 1. The Labute approximate surface area is 163 Å². The van der Waals surface area contributed by atoms with E-state index >= 15 is 0 Å². The topological polar surface area (TPSA) is 80.6 Å². The summed E-state index contributed by atoms with van der Waals surface area (Å²) in [7, 11) is 1.64. The molecule has 0 saturated heterocycles. The summed E-state index contributed by atoms with van der Waals surface area (Å²) < 4.78 is 7.12. The zero-order valence-electron chi connectivity index (χ0n) is 15.8. The van der Waals surface area contributed by atoms with Crippen LogP contribution in [0.3, 0.4) is 0 Å². The second-order valence-electron chi connectivity index (χ2n) is 6.68. The van der Waals surface area contributed by atoms with Gasteiger partial charge in [0.05, 0.1) is 18.1 Å². The Balaban J connectivity index is 1.74. The van der Waals surface area contributed by atoms with Crippen molar-refractivity contribution in [3.8, 4) is 0 Å². The van der Waals surface area contributed by atoms with Crippen LogP contribution in [0.25, 0.3) is 10.9 Å². The predicted molar refractivity (Wildman–Crippen MR) is 107 cm³/mol. The number of aliphatic carboxylic acids is 1. The third-order valence-electron chi connectivity index (χ3n) is 4.75. The minimum atomic E-state index is -0.924. The first kappa shape index (κ1) is 19.6. The number of ether oxygens (including phenoxy) is 1. The molecule has 3 aromatic rings. The molecule has 0 bridgehead atoms. The zero-order chi connectivity index (χ0) is 19.9. The number of aromatic nitrogens is 1. The Hall–Kier alpha value is -3.12. The third kappa shape index (κ3) is 4.58. The van der Waals surface area contributed by atoms with Gasteiger partial charge in [-0.2, -0.15) is 0 Å². The van der Waals surface area contributed by atoms with E-state index in [1.54, 1.807) is 13.3 Å². The van der Waals surface area contributed by atoms with E-state index in [1.807, 2.05) is 59.2 Å². The second-order valence-corrected chi connectivity index (χ2v) is 6.68. The van der Waals surface area contributed by atoms with E-state index in [2.05, 4.69) is 5.32 Å². The lowest BCUT2D eigenvalue weighted by molar-refractivity contribution is -0.141. The summed E-state index contributed by atoms with van der Waals surface area (Å²) in [6.07, 6.45) is 2.16. The van der Waals surface area contributed by atoms with Crippen LogP contribution in [0.5, 0.6) is 0 Å². The zero-order valence-corrected chi connectivity index (χ0v) is 15.8. The summed E-state index contributed by atoms with van der Waals surface area (Å²) in [6.45, 7) is 1.24. The molecule has 3 rings (SSSR count). The monoisotopic (exact) mass is 380 g/mol. The molecular weight excluding hydrogens is 356 g/mol. The molecule has 1 aromatic heterocycles. The summed E-state index contributed by atoms with van der Waals surface area (Å²) >= 11 is 0. The highest BCUT2D eigenvalue weighted by atomic mass is 16.5. The number of carbonyl (C=O) groups excluding carboxylic acids is 1. The first-order chi connectivity index (χ1) is 13.6. The van der Waals surface area contributed by atoms with Gasteiger partial charge in [-0.1, -0.05) is 48.5 Å². The van der Waals surface area contributed by atoms with Crippen LogP contribution in [-0.4, -0.2) is 41.8 Å². The van der Waals surface area contributed by atoms with Crippen molar-refractivity contribution in [2.75, 3.05) is 20.3 Å². The lowest BCUT2D eigenvalue weighted by Gasteiger charge is -2.13. The summed E-state index contributed by atoms with van der Waals surface area (Å²) in [5, 5.41) is 13.2. The molecule has 1 unspecified atom stereocenters. The van der Waals surface area contributed by atoms with Gasteiger partial charge in [-0.05, 0) is 18.1 Å². The van der Waals surface area contributed by atoms with Gasteiger partial charge >= 0.3 is 5.97 Å². The molecule has 1 heterocycles. The molecule has 0 aliphatic carbocycles. The largest absolute Gasteiger partial charge is 0.481 e. The van der Waals surface area contributed by atoms with Crippen LogP contribution in [0.2, 0.25) is 0 Å². The van der Waals surface area contributed by atoms with E-state index in [1.165, 1.54) is 0 Å². The van der Waals surface area contributed by atoms with Crippen LogP contribution < -0.4 is 5.32 Å². The van der Waals surface area contributed by atoms with Crippen LogP contribution in [0.1, 0.15) is 15.9 Å². The van der Waals surface area contributed by atoms with Crippen molar-refractivity contribution in [2.24, 2.45) is 5.92 Å². The maximum absolute atomic E-state index is 12.8. The van der Waals surface area contributed by atoms with E-state index in [9.17, 15) is 14.7 Å². The highest BCUT2D eigenvalue weighted by molar-refractivity contribution is 6.07. The molecule has 1 atom stereocenters. The van der Waals surface area contributed by atoms with Gasteiger partial charge in [0.2, 0.25) is 0 Å². The maximum Gasteiger partial charge on any atom is 0.308 e. The van der Waals surface area contributed by atoms with Crippen LogP contribution >= 0.6 is 0 Å². The lowest BCUT2D eigenvalue weighted by atomic mass is 9.99. The number of hydrogen-bond acceptors (Lipinski definition) is 3. The number of para-hydroxylation sites is 1. The molecular formula is C22H24N2O4. The van der Waals surface area contributed by atoms with Gasteiger partial charge in [0.15, 0.2) is 0 Å². The summed E-state index contributed by atoms with van der Waals surface area (Å²) in [5.74, 6) is -1.88. The Morgan fingerprint density at radius 2 is 1.82 bits per heavy atom. The number of hydrogen-bond donors (Lipinski definition) is 2. The van der Waals surface area contributed by atoms with Gasteiger partial charge in [-0.25, -0.2) is 0 Å². The fourth-order valence-corrected chi connectivity index (χ4v) is 3.26. The molecule has 0 fully saturated rings. The number of rotatable bonds is 9. The van der Waals surface area contributed by atoms with Crippen molar-refractivity contribution < 1.29 is 19.4 Å². The molecule has 28 heavy (non-hydrogen) atoms. The number of amides is 1. The van der Waals surface area contributed by atoms with Gasteiger partial charge in [0, 0.05) is 37.3 Å². The summed E-state index contributed by atoms with van der Waals surface area (Å²) in [5.41, 5.74) is 2.42. The normalized spacial score (nSPS) is 12.0. The average Bonchev–Trinajstić information content (AvgIpc) is 3.08. The molecule has 6 heteroatoms. The van der Waals surface area contributed by atoms with E-state index < -0.39 is 11.9 Å². The minimum Gasteiger partial charge on any atom is -0.481 e. The predicted octanol–water partition coefficient (Wildman–Crippen LogP) is 2.96. The van der Waals surface area contributed by atoms with E-state index in [0.29, 0.717) is 25.1 Å². The fraction of sp³-hybridized carbons (Fsp3) is 0.273. The van der Waals surface area contributed by atoms with Crippen molar-refractivity contribution in [2.45, 2.75) is 13.0 Å². The SMILES string of the molecule is COCCn1cc(C(=O)NCC(Cc2ccccc2)C(=O)O)c2ccccc21. The van der Waals surface area contributed by atoms with Gasteiger partial charge in [0.1, 0.15) is 0 Å². The van der Waals surface area contributed by atoms with Gasteiger partial charge in [-0.3, -0.25) is 9.59 Å². The standard InChI is InChI=1S/C22H24N2O4/c1-28-12-11-24-15-19(18-9-5-6-10-20(18)24)21(25)23-14-17(22(26)27)13-16-7-3-2-4-8-16/h2-10,15,17H,11-14H2,1H3,(H,23,25)(H,26,27). The van der Waals surface area contributed by atoms with Crippen molar-refractivity contribution in [3.63, 3.8) is 0 Å². The Morgan fingerprint density at radius 3 is 2.54 bits per heavy atom. The van der Waals surface area contributed by atoms with Crippen LogP contribution in [-0.2, 0) is 22.5 Å². The molecule has 1 amide bonds. The number of carbonyl (C=O) groups is 2. The van der Waals surface area contributed by atoms with E-state index in [0.717, 1.165) is 16.5 Å². The highest BCUT2D eigenvalue weighted by Gasteiger charge is 2.21. The number of benzene rings is 2. The van der Waals surface area contributed by atoms with Crippen LogP contribution in [0, 0.1) is 5.92 Å². The average molecular weight is 380 g/mol. The van der Waals surface area contributed by atoms with Crippen LogP contribution in [0.15, 0.2) is 60.8 Å². The number of nitrogens with one attached hydrogen (secondary N) is 1.